The summed E-state index contributed by atoms with van der Waals surface area (Å²) in [4.78, 5) is 20.9. The number of H-pyrrole nitrogens is 1. The first-order valence-electron chi connectivity index (χ1n) is 9.18. The number of carbonyl (C=O) groups excluding carboxylic acids is 1. The standard InChI is InChI=1S/C20H19ClFN5OS/c21-14-4-3-5-15(12-14)26-8-10-27(11-9-26)18(28)13-29-20-23-19(24-25-20)16-6-1-2-7-17(16)22/h1-7,12H,8-11,13H2,(H,23,24,25). The second kappa shape index (κ2) is 8.84. The van der Waals surface area contributed by atoms with Crippen molar-refractivity contribution in [3.63, 3.8) is 0 Å². The Hall–Kier alpha value is -2.58. The molecule has 1 aliphatic heterocycles. The lowest BCUT2D eigenvalue weighted by atomic mass is 10.2. The lowest BCUT2D eigenvalue weighted by Gasteiger charge is -2.36. The fourth-order valence-corrected chi connectivity index (χ4v) is 4.07. The number of aromatic nitrogens is 3. The highest BCUT2D eigenvalue weighted by Gasteiger charge is 2.22. The van der Waals surface area contributed by atoms with Gasteiger partial charge in [-0.05, 0) is 30.3 Å². The van der Waals surface area contributed by atoms with Gasteiger partial charge in [0.15, 0.2) is 5.82 Å². The Bertz CT molecular complexity index is 1010. The average Bonchev–Trinajstić information content (AvgIpc) is 3.21. The van der Waals surface area contributed by atoms with Gasteiger partial charge >= 0.3 is 0 Å². The van der Waals surface area contributed by atoms with Gasteiger partial charge in [0.05, 0.1) is 11.3 Å². The van der Waals surface area contributed by atoms with Crippen molar-refractivity contribution in [3.8, 4) is 11.4 Å². The number of hydrogen-bond donors (Lipinski definition) is 1. The number of amides is 1. The van der Waals surface area contributed by atoms with Crippen molar-refractivity contribution < 1.29 is 9.18 Å². The molecule has 2 heterocycles. The minimum Gasteiger partial charge on any atom is -0.368 e. The Kier molecular flexibility index (Phi) is 6.01. The van der Waals surface area contributed by atoms with E-state index in [0.29, 0.717) is 34.7 Å². The van der Waals surface area contributed by atoms with Gasteiger partial charge in [-0.2, -0.15) is 0 Å². The maximum atomic E-state index is 13.9. The third-order valence-electron chi connectivity index (χ3n) is 4.72. The summed E-state index contributed by atoms with van der Waals surface area (Å²) in [5, 5.41) is 7.94. The van der Waals surface area contributed by atoms with Crippen LogP contribution in [0.4, 0.5) is 10.1 Å². The van der Waals surface area contributed by atoms with E-state index >= 15 is 0 Å². The van der Waals surface area contributed by atoms with Crippen LogP contribution < -0.4 is 4.90 Å². The number of piperazine rings is 1. The highest BCUT2D eigenvalue weighted by Crippen LogP contribution is 2.23. The number of benzene rings is 2. The largest absolute Gasteiger partial charge is 0.368 e. The molecule has 0 radical (unpaired) electrons. The van der Waals surface area contributed by atoms with Crippen LogP contribution in [0.1, 0.15) is 0 Å². The molecule has 1 saturated heterocycles. The number of rotatable bonds is 5. The van der Waals surface area contributed by atoms with Crippen molar-refractivity contribution in [1.29, 1.82) is 0 Å². The third-order valence-corrected chi connectivity index (χ3v) is 5.79. The molecule has 3 aromatic rings. The Morgan fingerprint density at radius 2 is 1.93 bits per heavy atom. The summed E-state index contributed by atoms with van der Waals surface area (Å²) in [6, 6.07) is 14.1. The van der Waals surface area contributed by atoms with E-state index in [1.807, 2.05) is 29.2 Å². The molecule has 1 fully saturated rings. The molecule has 0 atom stereocenters. The van der Waals surface area contributed by atoms with E-state index in [0.717, 1.165) is 18.8 Å². The van der Waals surface area contributed by atoms with Gasteiger partial charge in [-0.15, -0.1) is 5.10 Å². The van der Waals surface area contributed by atoms with Gasteiger partial charge in [0, 0.05) is 36.9 Å². The maximum Gasteiger partial charge on any atom is 0.233 e. The van der Waals surface area contributed by atoms with Crippen LogP contribution in [0.3, 0.4) is 0 Å². The first-order chi connectivity index (χ1) is 14.1. The molecule has 1 aliphatic rings. The zero-order valence-corrected chi connectivity index (χ0v) is 17.1. The molecular weight excluding hydrogens is 413 g/mol. The van der Waals surface area contributed by atoms with Gasteiger partial charge in [-0.1, -0.05) is 41.6 Å². The zero-order valence-electron chi connectivity index (χ0n) is 15.5. The van der Waals surface area contributed by atoms with Crippen LogP contribution in [0, 0.1) is 5.82 Å². The van der Waals surface area contributed by atoms with E-state index in [-0.39, 0.29) is 17.5 Å². The molecule has 0 unspecified atom stereocenters. The van der Waals surface area contributed by atoms with Gasteiger partial charge in [0.2, 0.25) is 11.1 Å². The molecule has 6 nitrogen and oxygen atoms in total. The Morgan fingerprint density at radius 1 is 1.14 bits per heavy atom. The molecule has 2 aromatic carbocycles. The van der Waals surface area contributed by atoms with Gasteiger partial charge in [0.1, 0.15) is 5.82 Å². The summed E-state index contributed by atoms with van der Waals surface area (Å²) < 4.78 is 13.9. The smallest absolute Gasteiger partial charge is 0.233 e. The van der Waals surface area contributed by atoms with Gasteiger partial charge in [0.25, 0.3) is 0 Å². The first kappa shape index (κ1) is 19.7. The van der Waals surface area contributed by atoms with Crippen LogP contribution >= 0.6 is 23.4 Å². The summed E-state index contributed by atoms with van der Waals surface area (Å²) >= 11 is 7.31. The Labute approximate surface area is 177 Å². The topological polar surface area (TPSA) is 65.1 Å². The lowest BCUT2D eigenvalue weighted by molar-refractivity contribution is -0.128. The van der Waals surface area contributed by atoms with Gasteiger partial charge < -0.3 is 9.80 Å². The Balaban J connectivity index is 1.29. The predicted octanol–water partition coefficient (Wildman–Crippen LogP) is 3.71. The van der Waals surface area contributed by atoms with E-state index in [4.69, 9.17) is 11.6 Å². The minimum absolute atomic E-state index is 0.0398. The number of nitrogens with zero attached hydrogens (tertiary/aromatic N) is 4. The number of hydrogen-bond acceptors (Lipinski definition) is 5. The maximum absolute atomic E-state index is 13.9. The van der Waals surface area contributed by atoms with E-state index < -0.39 is 0 Å². The van der Waals surface area contributed by atoms with Crippen LogP contribution in [0.2, 0.25) is 5.02 Å². The molecule has 0 bridgehead atoms. The summed E-state index contributed by atoms with van der Waals surface area (Å²) in [7, 11) is 0. The minimum atomic E-state index is -0.367. The van der Waals surface area contributed by atoms with E-state index in [1.165, 1.54) is 17.8 Å². The second-order valence-corrected chi connectivity index (χ2v) is 7.96. The second-order valence-electron chi connectivity index (χ2n) is 6.58. The number of halogens is 2. The van der Waals surface area contributed by atoms with Crippen LogP contribution in [0.25, 0.3) is 11.4 Å². The summed E-state index contributed by atoms with van der Waals surface area (Å²) in [6.45, 7) is 2.82. The molecular formula is C20H19ClFN5OS. The fourth-order valence-electron chi connectivity index (χ4n) is 3.19. The molecule has 1 amide bonds. The van der Waals surface area contributed by atoms with E-state index in [9.17, 15) is 9.18 Å². The summed E-state index contributed by atoms with van der Waals surface area (Å²) in [6.07, 6.45) is 0. The summed E-state index contributed by atoms with van der Waals surface area (Å²) in [5.74, 6) is 0.270. The van der Waals surface area contributed by atoms with Crippen LogP contribution in [0.15, 0.2) is 53.7 Å². The monoisotopic (exact) mass is 431 g/mol. The molecule has 0 saturated carbocycles. The first-order valence-corrected chi connectivity index (χ1v) is 10.5. The van der Waals surface area contributed by atoms with Crippen LogP contribution in [-0.2, 0) is 4.79 Å². The molecule has 29 heavy (non-hydrogen) atoms. The van der Waals surface area contributed by atoms with Crippen LogP contribution in [-0.4, -0.2) is 57.9 Å². The van der Waals surface area contributed by atoms with Gasteiger partial charge in [-0.3, -0.25) is 9.89 Å². The fraction of sp³-hybridized carbons (Fsp3) is 0.250. The molecule has 9 heteroatoms. The van der Waals surface area contributed by atoms with E-state index in [1.54, 1.807) is 18.2 Å². The van der Waals surface area contributed by atoms with Crippen molar-refractivity contribution in [2.24, 2.45) is 0 Å². The predicted molar refractivity (Wildman–Crippen MR) is 113 cm³/mol. The van der Waals surface area contributed by atoms with Crippen molar-refractivity contribution in [3.05, 3.63) is 59.4 Å². The normalized spacial score (nSPS) is 14.3. The molecule has 1 N–H and O–H groups in total. The zero-order chi connectivity index (χ0) is 20.2. The molecule has 0 spiro atoms. The number of carbonyl (C=O) groups is 1. The molecule has 0 aliphatic carbocycles. The Morgan fingerprint density at radius 3 is 2.69 bits per heavy atom. The molecule has 4 rings (SSSR count). The van der Waals surface area contributed by atoms with Crippen molar-refractivity contribution in [2.45, 2.75) is 5.16 Å². The highest BCUT2D eigenvalue weighted by molar-refractivity contribution is 7.99. The van der Waals surface area contributed by atoms with Gasteiger partial charge in [-0.25, -0.2) is 9.37 Å². The van der Waals surface area contributed by atoms with Crippen molar-refractivity contribution >= 4 is 35.0 Å². The molecule has 150 valence electrons. The van der Waals surface area contributed by atoms with Crippen LogP contribution in [0.5, 0.6) is 0 Å². The summed E-state index contributed by atoms with van der Waals surface area (Å²) in [5.41, 5.74) is 1.43. The SMILES string of the molecule is O=C(CSc1n[nH]c(-c2ccccc2F)n1)N1CCN(c2cccc(Cl)c2)CC1. The quantitative estimate of drug-likeness (QED) is 0.624. The van der Waals surface area contributed by atoms with Crippen molar-refractivity contribution in [2.75, 3.05) is 36.8 Å². The number of aromatic amines is 1. The number of anilines is 1. The average molecular weight is 432 g/mol. The van der Waals surface area contributed by atoms with E-state index in [2.05, 4.69) is 20.1 Å². The number of thioether (sulfide) groups is 1. The lowest BCUT2D eigenvalue weighted by Crippen LogP contribution is -2.49. The third kappa shape index (κ3) is 4.71. The highest BCUT2D eigenvalue weighted by atomic mass is 35.5. The molecule has 1 aromatic heterocycles. The number of nitrogens with one attached hydrogen (secondary N) is 1. The van der Waals surface area contributed by atoms with Crippen molar-refractivity contribution in [1.82, 2.24) is 20.1 Å².